The van der Waals surface area contributed by atoms with Crippen molar-refractivity contribution in [3.63, 3.8) is 0 Å². The summed E-state index contributed by atoms with van der Waals surface area (Å²) in [5.74, 6) is 0. The fourth-order valence-electron chi connectivity index (χ4n) is 1.19. The molecule has 0 aromatic carbocycles. The van der Waals surface area contributed by atoms with E-state index in [1.807, 2.05) is 0 Å². The first-order valence-corrected chi connectivity index (χ1v) is 5.59. The van der Waals surface area contributed by atoms with Crippen molar-refractivity contribution in [1.82, 2.24) is 9.78 Å². The summed E-state index contributed by atoms with van der Waals surface area (Å²) in [5.41, 5.74) is 0.512. The van der Waals surface area contributed by atoms with Gasteiger partial charge >= 0.3 is 0 Å². The minimum absolute atomic E-state index is 0.273. The maximum absolute atomic E-state index is 12.1. The maximum atomic E-state index is 12.1. The van der Waals surface area contributed by atoms with Gasteiger partial charge in [-0.05, 0) is 6.42 Å². The van der Waals surface area contributed by atoms with Crippen molar-refractivity contribution in [2.24, 2.45) is 0 Å². The van der Waals surface area contributed by atoms with E-state index < -0.39 is 13.0 Å². The van der Waals surface area contributed by atoms with Gasteiger partial charge in [-0.25, -0.2) is 8.78 Å². The second-order valence-electron chi connectivity index (χ2n) is 3.44. The first-order chi connectivity index (χ1) is 7.63. The zero-order valence-electron chi connectivity index (χ0n) is 9.13. The monoisotopic (exact) mass is 252 g/mol. The van der Waals surface area contributed by atoms with Gasteiger partial charge in [-0.2, -0.15) is 5.10 Å². The number of hydrogen-bond acceptors (Lipinski definition) is 2. The Hall–Kier alpha value is -0.680. The lowest BCUT2D eigenvalue weighted by Gasteiger charge is -2.01. The highest BCUT2D eigenvalue weighted by molar-refractivity contribution is 6.31. The minimum atomic E-state index is -2.43. The molecule has 6 heteroatoms. The lowest BCUT2D eigenvalue weighted by atomic mass is 10.4. The van der Waals surface area contributed by atoms with E-state index in [1.165, 1.54) is 6.20 Å². The second kappa shape index (κ2) is 6.81. The molecular formula is C10H15ClF2N2O. The maximum Gasteiger partial charge on any atom is 0.257 e. The molecule has 0 saturated carbocycles. The van der Waals surface area contributed by atoms with E-state index in [-0.39, 0.29) is 6.61 Å². The third-order valence-electron chi connectivity index (χ3n) is 1.99. The topological polar surface area (TPSA) is 27.1 Å². The standard InChI is InChI=1S/C10H15ClF2N2O/c1-2-3-4-16-7-9-8(11)5-15(14-9)6-10(12)13/h5,10H,2-4,6-7H2,1H3. The van der Waals surface area contributed by atoms with Crippen molar-refractivity contribution < 1.29 is 13.5 Å². The first kappa shape index (κ1) is 13.4. The van der Waals surface area contributed by atoms with Crippen LogP contribution in [0.5, 0.6) is 0 Å². The summed E-state index contributed by atoms with van der Waals surface area (Å²) >= 11 is 5.83. The predicted octanol–water partition coefficient (Wildman–Crippen LogP) is 3.12. The minimum Gasteiger partial charge on any atom is -0.375 e. The van der Waals surface area contributed by atoms with E-state index in [0.717, 1.165) is 17.5 Å². The molecule has 0 amide bonds. The number of unbranched alkanes of at least 4 members (excludes halogenated alkanes) is 1. The molecule has 1 rings (SSSR count). The summed E-state index contributed by atoms with van der Waals surface area (Å²) in [6.45, 7) is 2.53. The Bertz CT molecular complexity index is 318. The summed E-state index contributed by atoms with van der Waals surface area (Å²) in [4.78, 5) is 0. The number of aromatic nitrogens is 2. The van der Waals surface area contributed by atoms with Crippen molar-refractivity contribution in [3.8, 4) is 0 Å². The van der Waals surface area contributed by atoms with Gasteiger partial charge in [0.1, 0.15) is 12.2 Å². The molecule has 0 N–H and O–H groups in total. The number of nitrogens with zero attached hydrogens (tertiary/aromatic N) is 2. The highest BCUT2D eigenvalue weighted by Crippen LogP contribution is 2.15. The summed E-state index contributed by atoms with van der Waals surface area (Å²) in [7, 11) is 0. The van der Waals surface area contributed by atoms with Crippen molar-refractivity contribution in [2.75, 3.05) is 6.61 Å². The van der Waals surface area contributed by atoms with Crippen LogP contribution in [0.3, 0.4) is 0 Å². The van der Waals surface area contributed by atoms with Crippen molar-refractivity contribution in [2.45, 2.75) is 39.3 Å². The molecule has 0 radical (unpaired) electrons. The van der Waals surface area contributed by atoms with Crippen LogP contribution in [0.2, 0.25) is 5.02 Å². The average Bonchev–Trinajstić information content (AvgIpc) is 2.53. The molecule has 0 saturated heterocycles. The lowest BCUT2D eigenvalue weighted by Crippen LogP contribution is -2.07. The highest BCUT2D eigenvalue weighted by Gasteiger charge is 2.10. The molecule has 0 atom stereocenters. The average molecular weight is 253 g/mol. The number of alkyl halides is 2. The molecule has 1 aromatic heterocycles. The molecule has 1 aromatic rings. The van der Waals surface area contributed by atoms with Crippen LogP contribution in [0.4, 0.5) is 8.78 Å². The molecule has 0 fully saturated rings. The number of ether oxygens (including phenoxy) is 1. The summed E-state index contributed by atoms with van der Waals surface area (Å²) in [6.07, 6.45) is 0.986. The van der Waals surface area contributed by atoms with Crippen LogP contribution >= 0.6 is 11.6 Å². The van der Waals surface area contributed by atoms with Crippen LogP contribution in [0.1, 0.15) is 25.5 Å². The lowest BCUT2D eigenvalue weighted by molar-refractivity contribution is 0.110. The normalized spacial score (nSPS) is 11.3. The molecule has 0 bridgehead atoms. The summed E-state index contributed by atoms with van der Waals surface area (Å²) in [5, 5.41) is 4.30. The van der Waals surface area contributed by atoms with Gasteiger partial charge in [0.15, 0.2) is 0 Å². The summed E-state index contributed by atoms with van der Waals surface area (Å²) in [6, 6.07) is 0. The molecule has 0 aliphatic carbocycles. The fourth-order valence-corrected chi connectivity index (χ4v) is 1.39. The third kappa shape index (κ3) is 4.45. The highest BCUT2D eigenvalue weighted by atomic mass is 35.5. The molecule has 0 aliphatic rings. The van der Waals surface area contributed by atoms with E-state index in [0.29, 0.717) is 17.3 Å². The summed E-state index contributed by atoms with van der Waals surface area (Å²) < 4.78 is 30.6. The molecule has 0 spiro atoms. The Morgan fingerprint density at radius 1 is 1.56 bits per heavy atom. The Labute approximate surface area is 98.3 Å². The zero-order chi connectivity index (χ0) is 12.0. The number of halogens is 3. The van der Waals surface area contributed by atoms with Crippen molar-refractivity contribution >= 4 is 11.6 Å². The van der Waals surface area contributed by atoms with Crippen molar-refractivity contribution in [1.29, 1.82) is 0 Å². The SMILES string of the molecule is CCCCOCc1nn(CC(F)F)cc1Cl. The van der Waals surface area contributed by atoms with Gasteiger partial charge in [0.05, 0.1) is 11.6 Å². The molecule has 0 aliphatic heterocycles. The van der Waals surface area contributed by atoms with Crippen LogP contribution in [-0.2, 0) is 17.9 Å². The third-order valence-corrected chi connectivity index (χ3v) is 2.31. The zero-order valence-corrected chi connectivity index (χ0v) is 9.88. The van der Waals surface area contributed by atoms with Gasteiger partial charge in [0.25, 0.3) is 6.43 Å². The second-order valence-corrected chi connectivity index (χ2v) is 3.85. The molecule has 3 nitrogen and oxygen atoms in total. The molecule has 92 valence electrons. The first-order valence-electron chi connectivity index (χ1n) is 5.21. The van der Waals surface area contributed by atoms with Crippen molar-refractivity contribution in [3.05, 3.63) is 16.9 Å². The Balaban J connectivity index is 2.43. The van der Waals surface area contributed by atoms with Crippen LogP contribution in [0.25, 0.3) is 0 Å². The van der Waals surface area contributed by atoms with Gasteiger partial charge in [-0.15, -0.1) is 0 Å². The van der Waals surface area contributed by atoms with Gasteiger partial charge in [0.2, 0.25) is 0 Å². The van der Waals surface area contributed by atoms with Crippen LogP contribution < -0.4 is 0 Å². The molecule has 0 unspecified atom stereocenters. The quantitative estimate of drug-likeness (QED) is 0.697. The van der Waals surface area contributed by atoms with E-state index in [4.69, 9.17) is 16.3 Å². The molecule has 16 heavy (non-hydrogen) atoms. The van der Waals surface area contributed by atoms with E-state index in [9.17, 15) is 8.78 Å². The van der Waals surface area contributed by atoms with E-state index >= 15 is 0 Å². The van der Waals surface area contributed by atoms with Gasteiger partial charge in [0, 0.05) is 12.8 Å². The Kier molecular flexibility index (Phi) is 5.69. The van der Waals surface area contributed by atoms with Gasteiger partial charge in [-0.3, -0.25) is 4.68 Å². The predicted molar refractivity (Wildman–Crippen MR) is 57.8 cm³/mol. The fraction of sp³-hybridized carbons (Fsp3) is 0.700. The van der Waals surface area contributed by atoms with E-state index in [1.54, 1.807) is 0 Å². The van der Waals surface area contributed by atoms with Gasteiger partial charge < -0.3 is 4.74 Å². The number of hydrogen-bond donors (Lipinski definition) is 0. The van der Waals surface area contributed by atoms with Crippen LogP contribution in [-0.4, -0.2) is 22.8 Å². The van der Waals surface area contributed by atoms with Crippen LogP contribution in [0, 0.1) is 0 Å². The van der Waals surface area contributed by atoms with E-state index in [2.05, 4.69) is 12.0 Å². The van der Waals surface area contributed by atoms with Crippen LogP contribution in [0.15, 0.2) is 6.20 Å². The Morgan fingerprint density at radius 2 is 2.31 bits per heavy atom. The van der Waals surface area contributed by atoms with Gasteiger partial charge in [-0.1, -0.05) is 24.9 Å². The molecular weight excluding hydrogens is 238 g/mol. The number of rotatable bonds is 7. The Morgan fingerprint density at radius 3 is 2.94 bits per heavy atom. The largest absolute Gasteiger partial charge is 0.375 e. The smallest absolute Gasteiger partial charge is 0.257 e. The molecule has 1 heterocycles.